The smallest absolute Gasteiger partial charge is 0.265 e. The van der Waals surface area contributed by atoms with E-state index in [-0.39, 0.29) is 4.90 Å². The Morgan fingerprint density at radius 2 is 1.86 bits per heavy atom. The van der Waals surface area contributed by atoms with E-state index in [0.29, 0.717) is 18.7 Å². The Hall–Kier alpha value is -1.95. The van der Waals surface area contributed by atoms with Crippen molar-refractivity contribution < 1.29 is 12.8 Å². The van der Waals surface area contributed by atoms with Crippen LogP contribution >= 0.6 is 0 Å². The topological polar surface area (TPSA) is 50.3 Å². The number of aryl methyl sites for hydroxylation is 2. The molecule has 0 aliphatic carbocycles. The molecular formula is C15H15FN2O2S. The number of sulfonamides is 1. The highest BCUT2D eigenvalue weighted by Gasteiger charge is 2.31. The van der Waals surface area contributed by atoms with E-state index in [9.17, 15) is 12.8 Å². The van der Waals surface area contributed by atoms with Crippen LogP contribution in [-0.4, -0.2) is 19.9 Å². The Morgan fingerprint density at radius 3 is 2.57 bits per heavy atom. The van der Waals surface area contributed by atoms with E-state index < -0.39 is 15.8 Å². The van der Waals surface area contributed by atoms with Gasteiger partial charge in [-0.3, -0.25) is 9.29 Å². The Kier molecular flexibility index (Phi) is 3.20. The molecule has 0 bridgehead atoms. The van der Waals surface area contributed by atoms with Gasteiger partial charge in [0.25, 0.3) is 10.0 Å². The third kappa shape index (κ3) is 2.29. The minimum absolute atomic E-state index is 0.117. The maximum absolute atomic E-state index is 13.3. The van der Waals surface area contributed by atoms with Crippen LogP contribution in [0.25, 0.3) is 0 Å². The molecule has 4 nitrogen and oxygen atoms in total. The highest BCUT2D eigenvalue weighted by atomic mass is 32.2. The molecule has 21 heavy (non-hydrogen) atoms. The van der Waals surface area contributed by atoms with Gasteiger partial charge in [0.15, 0.2) is 0 Å². The van der Waals surface area contributed by atoms with E-state index in [2.05, 4.69) is 4.98 Å². The molecule has 0 saturated carbocycles. The number of anilines is 1. The number of rotatable bonds is 2. The van der Waals surface area contributed by atoms with Gasteiger partial charge in [-0.25, -0.2) is 12.8 Å². The van der Waals surface area contributed by atoms with Gasteiger partial charge in [-0.1, -0.05) is 6.07 Å². The van der Waals surface area contributed by atoms with Crippen molar-refractivity contribution in [3.8, 4) is 0 Å². The van der Waals surface area contributed by atoms with Gasteiger partial charge in [-0.05, 0) is 49.1 Å². The van der Waals surface area contributed by atoms with Crippen LogP contribution in [0.2, 0.25) is 0 Å². The van der Waals surface area contributed by atoms with Crippen molar-refractivity contribution >= 4 is 15.7 Å². The minimum Gasteiger partial charge on any atom is -0.266 e. The van der Waals surface area contributed by atoms with Crippen molar-refractivity contribution in [3.05, 3.63) is 53.1 Å². The fourth-order valence-corrected chi connectivity index (χ4v) is 4.02. The lowest BCUT2D eigenvalue weighted by Crippen LogP contribution is -2.29. The van der Waals surface area contributed by atoms with Crippen LogP contribution in [0.1, 0.15) is 16.7 Å². The average molecular weight is 306 g/mol. The van der Waals surface area contributed by atoms with E-state index in [0.717, 1.165) is 29.0 Å². The molecule has 1 aliphatic heterocycles. The van der Waals surface area contributed by atoms with Gasteiger partial charge in [0, 0.05) is 12.7 Å². The van der Waals surface area contributed by atoms with Crippen molar-refractivity contribution in [3.63, 3.8) is 0 Å². The standard InChI is InChI=1S/C15H15FN2O2S/c1-10-5-12-3-4-18(15(12)6-11(10)2)21(19,20)14-7-13(16)8-17-9-14/h5-9H,3-4H2,1-2H3. The van der Waals surface area contributed by atoms with Gasteiger partial charge < -0.3 is 0 Å². The SMILES string of the molecule is Cc1cc2c(cc1C)N(S(=O)(=O)c1cncc(F)c1)CC2. The molecule has 110 valence electrons. The summed E-state index contributed by atoms with van der Waals surface area (Å²) in [5, 5.41) is 0. The summed E-state index contributed by atoms with van der Waals surface area (Å²) in [6.45, 7) is 4.32. The fourth-order valence-electron chi connectivity index (χ4n) is 2.55. The van der Waals surface area contributed by atoms with Crippen LogP contribution in [0.15, 0.2) is 35.5 Å². The van der Waals surface area contributed by atoms with Crippen molar-refractivity contribution in [2.45, 2.75) is 25.2 Å². The summed E-state index contributed by atoms with van der Waals surface area (Å²) >= 11 is 0. The van der Waals surface area contributed by atoms with Gasteiger partial charge in [0.2, 0.25) is 0 Å². The van der Waals surface area contributed by atoms with E-state index in [4.69, 9.17) is 0 Å². The number of benzene rings is 1. The largest absolute Gasteiger partial charge is 0.266 e. The molecule has 2 aromatic rings. The predicted molar refractivity (Wildman–Crippen MR) is 78.3 cm³/mol. The molecule has 6 heteroatoms. The van der Waals surface area contributed by atoms with Gasteiger partial charge in [-0.15, -0.1) is 0 Å². The summed E-state index contributed by atoms with van der Waals surface area (Å²) in [4.78, 5) is 3.51. The molecule has 2 heterocycles. The van der Waals surface area contributed by atoms with Crippen molar-refractivity contribution in [2.24, 2.45) is 0 Å². The Labute approximate surface area is 123 Å². The highest BCUT2D eigenvalue weighted by Crippen LogP contribution is 2.34. The first-order valence-electron chi connectivity index (χ1n) is 6.63. The van der Waals surface area contributed by atoms with Crippen LogP contribution in [0.3, 0.4) is 0 Å². The fraction of sp³-hybridized carbons (Fsp3) is 0.267. The van der Waals surface area contributed by atoms with Crippen molar-refractivity contribution in [1.29, 1.82) is 0 Å². The molecule has 0 atom stereocenters. The lowest BCUT2D eigenvalue weighted by Gasteiger charge is -2.20. The maximum Gasteiger partial charge on any atom is 0.265 e. The highest BCUT2D eigenvalue weighted by molar-refractivity contribution is 7.92. The summed E-state index contributed by atoms with van der Waals surface area (Å²) in [5.41, 5.74) is 3.86. The van der Waals surface area contributed by atoms with E-state index >= 15 is 0 Å². The molecule has 1 aromatic carbocycles. The monoisotopic (exact) mass is 306 g/mol. The number of halogens is 1. The third-order valence-electron chi connectivity index (χ3n) is 3.82. The quantitative estimate of drug-likeness (QED) is 0.857. The number of nitrogens with zero attached hydrogens (tertiary/aromatic N) is 2. The normalized spacial score (nSPS) is 14.3. The van der Waals surface area contributed by atoms with Crippen LogP contribution in [0.4, 0.5) is 10.1 Å². The summed E-state index contributed by atoms with van der Waals surface area (Å²) in [5.74, 6) is -0.657. The predicted octanol–water partition coefficient (Wildman–Crippen LogP) is 2.59. The summed E-state index contributed by atoms with van der Waals surface area (Å²) in [6, 6.07) is 4.90. The maximum atomic E-state index is 13.3. The van der Waals surface area contributed by atoms with Crippen LogP contribution in [0.5, 0.6) is 0 Å². The van der Waals surface area contributed by atoms with Gasteiger partial charge in [0.1, 0.15) is 10.7 Å². The Bertz CT molecular complexity index is 818. The molecule has 0 radical (unpaired) electrons. The number of pyridine rings is 1. The number of aromatic nitrogens is 1. The van der Waals surface area contributed by atoms with Crippen LogP contribution in [-0.2, 0) is 16.4 Å². The lowest BCUT2D eigenvalue weighted by atomic mass is 10.0. The lowest BCUT2D eigenvalue weighted by molar-refractivity contribution is 0.585. The van der Waals surface area contributed by atoms with Crippen LogP contribution < -0.4 is 4.31 Å². The molecule has 3 rings (SSSR count). The number of fused-ring (bicyclic) bond motifs is 1. The first-order valence-corrected chi connectivity index (χ1v) is 8.07. The van der Waals surface area contributed by atoms with Gasteiger partial charge in [0.05, 0.1) is 11.9 Å². The van der Waals surface area contributed by atoms with Crippen LogP contribution in [0, 0.1) is 19.7 Å². The van der Waals surface area contributed by atoms with Gasteiger partial charge in [-0.2, -0.15) is 0 Å². The molecule has 0 unspecified atom stereocenters. The van der Waals surface area contributed by atoms with Crippen molar-refractivity contribution in [2.75, 3.05) is 10.8 Å². The average Bonchev–Trinajstić information content (AvgIpc) is 2.83. The summed E-state index contributed by atoms with van der Waals surface area (Å²) in [7, 11) is -3.77. The molecule has 0 amide bonds. The zero-order valence-electron chi connectivity index (χ0n) is 11.8. The second-order valence-electron chi connectivity index (χ2n) is 5.23. The van der Waals surface area contributed by atoms with Gasteiger partial charge >= 0.3 is 0 Å². The number of hydrogen-bond donors (Lipinski definition) is 0. The first kappa shape index (κ1) is 14.0. The Balaban J connectivity index is 2.10. The zero-order chi connectivity index (χ0) is 15.2. The molecule has 1 aliphatic rings. The van der Waals surface area contributed by atoms with E-state index in [1.807, 2.05) is 26.0 Å². The van der Waals surface area contributed by atoms with E-state index in [1.54, 1.807) is 0 Å². The summed E-state index contributed by atoms with van der Waals surface area (Å²) < 4.78 is 39.9. The zero-order valence-corrected chi connectivity index (χ0v) is 12.6. The first-order chi connectivity index (χ1) is 9.89. The molecule has 0 saturated heterocycles. The number of hydrogen-bond acceptors (Lipinski definition) is 3. The molecule has 0 fully saturated rings. The Morgan fingerprint density at radius 1 is 1.14 bits per heavy atom. The molecule has 0 N–H and O–H groups in total. The molecule has 0 spiro atoms. The minimum atomic E-state index is -3.77. The molecule has 1 aromatic heterocycles. The van der Waals surface area contributed by atoms with Crippen molar-refractivity contribution in [1.82, 2.24) is 4.98 Å². The second kappa shape index (κ2) is 4.80. The summed E-state index contributed by atoms with van der Waals surface area (Å²) in [6.07, 6.45) is 2.83. The second-order valence-corrected chi connectivity index (χ2v) is 7.09. The van der Waals surface area contributed by atoms with E-state index in [1.165, 1.54) is 10.5 Å². The molecular weight excluding hydrogens is 291 g/mol. The third-order valence-corrected chi connectivity index (χ3v) is 5.59.